The number of hydrogen-bond acceptors (Lipinski definition) is 5. The number of piperazine rings is 1. The van der Waals surface area contributed by atoms with Crippen molar-refractivity contribution >= 4 is 15.9 Å². The van der Waals surface area contributed by atoms with Gasteiger partial charge in [-0.15, -0.1) is 0 Å². The highest BCUT2D eigenvalue weighted by molar-refractivity contribution is 9.10. The fraction of sp³-hybridized carbons (Fsp3) is 0.571. The lowest BCUT2D eigenvalue weighted by atomic mass is 10.2. The maximum absolute atomic E-state index is 5.65. The molecule has 0 amide bonds. The third-order valence-corrected chi connectivity index (χ3v) is 4.26. The molecule has 1 aromatic carbocycles. The van der Waals surface area contributed by atoms with Crippen LogP contribution in [0.4, 0.5) is 0 Å². The zero-order valence-electron chi connectivity index (χ0n) is 11.7. The van der Waals surface area contributed by atoms with E-state index in [0.717, 1.165) is 48.7 Å². The Labute approximate surface area is 127 Å². The van der Waals surface area contributed by atoms with Gasteiger partial charge < -0.3 is 14.4 Å². The summed E-state index contributed by atoms with van der Waals surface area (Å²) in [5, 5.41) is 2.28. The highest BCUT2D eigenvalue weighted by Gasteiger charge is 2.17. The molecule has 0 aromatic heterocycles. The van der Waals surface area contributed by atoms with Crippen molar-refractivity contribution in [3.63, 3.8) is 0 Å². The molecule has 0 aliphatic carbocycles. The van der Waals surface area contributed by atoms with Crippen molar-refractivity contribution in [3.8, 4) is 11.5 Å². The molecule has 2 heterocycles. The second-order valence-corrected chi connectivity index (χ2v) is 6.08. The summed E-state index contributed by atoms with van der Waals surface area (Å²) in [6.45, 7) is 6.37. The number of hydrogen-bond donors (Lipinski definition) is 1. The van der Waals surface area contributed by atoms with Crippen molar-refractivity contribution in [2.24, 2.45) is 0 Å². The summed E-state index contributed by atoms with van der Waals surface area (Å²) in [6, 6.07) is 4.15. The van der Waals surface area contributed by atoms with Crippen molar-refractivity contribution in [2.45, 2.75) is 6.54 Å². The summed E-state index contributed by atoms with van der Waals surface area (Å²) in [6.07, 6.45) is 0. The van der Waals surface area contributed by atoms with Crippen LogP contribution >= 0.6 is 15.9 Å². The normalized spacial score (nSPS) is 20.1. The minimum atomic E-state index is 0.616. The van der Waals surface area contributed by atoms with Gasteiger partial charge in [-0.1, -0.05) is 0 Å². The van der Waals surface area contributed by atoms with Gasteiger partial charge in [0, 0.05) is 32.7 Å². The lowest BCUT2D eigenvalue weighted by Crippen LogP contribution is -2.50. The van der Waals surface area contributed by atoms with Gasteiger partial charge >= 0.3 is 0 Å². The van der Waals surface area contributed by atoms with Crippen LogP contribution in [0.2, 0.25) is 0 Å². The molecule has 20 heavy (non-hydrogen) atoms. The Morgan fingerprint density at radius 2 is 1.90 bits per heavy atom. The molecular formula is C14H20BrN3O2. The Morgan fingerprint density at radius 3 is 2.70 bits per heavy atom. The Balaban J connectivity index is 1.61. The van der Waals surface area contributed by atoms with E-state index in [-0.39, 0.29) is 0 Å². The molecule has 0 bridgehead atoms. The number of likely N-dealkylation sites (N-methyl/N-ethyl adjacent to an activating group) is 1. The van der Waals surface area contributed by atoms with Crippen LogP contribution in [0.15, 0.2) is 16.6 Å². The van der Waals surface area contributed by atoms with Crippen LogP contribution in [0.3, 0.4) is 0 Å². The molecule has 6 heteroatoms. The van der Waals surface area contributed by atoms with Gasteiger partial charge in [-0.3, -0.25) is 5.43 Å². The predicted molar refractivity (Wildman–Crippen MR) is 81.0 cm³/mol. The molecule has 2 aliphatic heterocycles. The molecule has 1 fully saturated rings. The number of nitrogens with zero attached hydrogens (tertiary/aromatic N) is 2. The zero-order chi connectivity index (χ0) is 13.9. The molecule has 3 rings (SSSR count). The summed E-state index contributed by atoms with van der Waals surface area (Å²) < 4.78 is 12.2. The molecule has 2 aliphatic rings. The van der Waals surface area contributed by atoms with Crippen molar-refractivity contribution in [1.82, 2.24) is 15.3 Å². The van der Waals surface area contributed by atoms with E-state index in [1.165, 1.54) is 5.56 Å². The summed E-state index contributed by atoms with van der Waals surface area (Å²) >= 11 is 3.55. The SMILES string of the molecule is CN1CCN(NCc2cc(Br)c3c(c2)OCCO3)CC1. The summed E-state index contributed by atoms with van der Waals surface area (Å²) in [5.41, 5.74) is 4.68. The first-order valence-electron chi connectivity index (χ1n) is 6.97. The quantitative estimate of drug-likeness (QED) is 0.901. The monoisotopic (exact) mass is 341 g/mol. The maximum Gasteiger partial charge on any atom is 0.175 e. The Bertz CT molecular complexity index is 476. The van der Waals surface area contributed by atoms with Crippen LogP contribution in [0.5, 0.6) is 11.5 Å². The van der Waals surface area contributed by atoms with Gasteiger partial charge in [-0.05, 0) is 40.7 Å². The second kappa shape index (κ2) is 6.30. The first-order valence-corrected chi connectivity index (χ1v) is 7.77. The lowest BCUT2D eigenvalue weighted by molar-refractivity contribution is 0.102. The highest BCUT2D eigenvalue weighted by Crippen LogP contribution is 2.38. The lowest BCUT2D eigenvalue weighted by Gasteiger charge is -2.32. The van der Waals surface area contributed by atoms with E-state index >= 15 is 0 Å². The van der Waals surface area contributed by atoms with Gasteiger partial charge in [0.15, 0.2) is 11.5 Å². The largest absolute Gasteiger partial charge is 0.486 e. The standard InChI is InChI=1S/C14H20BrN3O2/c1-17-2-4-18(5-3-17)16-10-11-8-12(15)14-13(9-11)19-6-7-20-14/h8-9,16H,2-7,10H2,1H3. The zero-order valence-corrected chi connectivity index (χ0v) is 13.3. The first-order chi connectivity index (χ1) is 9.72. The molecule has 110 valence electrons. The van der Waals surface area contributed by atoms with E-state index in [4.69, 9.17) is 9.47 Å². The summed E-state index contributed by atoms with van der Waals surface area (Å²) in [7, 11) is 2.16. The Kier molecular flexibility index (Phi) is 4.45. The van der Waals surface area contributed by atoms with Gasteiger partial charge in [-0.25, -0.2) is 5.01 Å². The average Bonchev–Trinajstić information content (AvgIpc) is 2.47. The number of rotatable bonds is 3. The van der Waals surface area contributed by atoms with Gasteiger partial charge in [0.2, 0.25) is 0 Å². The van der Waals surface area contributed by atoms with Crippen molar-refractivity contribution in [3.05, 3.63) is 22.2 Å². The Morgan fingerprint density at radius 1 is 1.15 bits per heavy atom. The maximum atomic E-state index is 5.65. The van der Waals surface area contributed by atoms with E-state index in [9.17, 15) is 0 Å². The highest BCUT2D eigenvalue weighted by atomic mass is 79.9. The summed E-state index contributed by atoms with van der Waals surface area (Å²) in [4.78, 5) is 2.35. The molecular weight excluding hydrogens is 322 g/mol. The van der Waals surface area contributed by atoms with Gasteiger partial charge in [0.1, 0.15) is 13.2 Å². The van der Waals surface area contributed by atoms with Crippen LogP contribution in [0.25, 0.3) is 0 Å². The number of ether oxygens (including phenoxy) is 2. The van der Waals surface area contributed by atoms with Crippen LogP contribution in [-0.2, 0) is 6.54 Å². The van der Waals surface area contributed by atoms with Crippen LogP contribution in [-0.4, -0.2) is 56.3 Å². The molecule has 1 N–H and O–H groups in total. The Hall–Kier alpha value is -0.820. The second-order valence-electron chi connectivity index (χ2n) is 5.23. The third-order valence-electron chi connectivity index (χ3n) is 3.67. The smallest absolute Gasteiger partial charge is 0.175 e. The topological polar surface area (TPSA) is 37.0 Å². The van der Waals surface area contributed by atoms with Gasteiger partial charge in [0.25, 0.3) is 0 Å². The molecule has 1 saturated heterocycles. The van der Waals surface area contributed by atoms with Gasteiger partial charge in [0.05, 0.1) is 4.47 Å². The summed E-state index contributed by atoms with van der Waals surface area (Å²) in [5.74, 6) is 1.65. The number of halogens is 1. The molecule has 0 spiro atoms. The third kappa shape index (κ3) is 3.25. The number of nitrogens with one attached hydrogen (secondary N) is 1. The molecule has 0 atom stereocenters. The van der Waals surface area contributed by atoms with Crippen molar-refractivity contribution in [2.75, 3.05) is 46.4 Å². The molecule has 0 unspecified atom stereocenters. The van der Waals surface area contributed by atoms with Crippen molar-refractivity contribution < 1.29 is 9.47 Å². The molecule has 0 saturated carbocycles. The minimum Gasteiger partial charge on any atom is -0.486 e. The van der Waals surface area contributed by atoms with Crippen LogP contribution in [0.1, 0.15) is 5.56 Å². The van der Waals surface area contributed by atoms with E-state index in [0.29, 0.717) is 13.2 Å². The minimum absolute atomic E-state index is 0.616. The fourth-order valence-electron chi connectivity index (χ4n) is 2.43. The number of hydrazine groups is 1. The molecule has 1 aromatic rings. The van der Waals surface area contributed by atoms with Crippen LogP contribution in [0, 0.1) is 0 Å². The van der Waals surface area contributed by atoms with Crippen LogP contribution < -0.4 is 14.9 Å². The average molecular weight is 342 g/mol. The van der Waals surface area contributed by atoms with E-state index in [1.807, 2.05) is 0 Å². The van der Waals surface area contributed by atoms with E-state index in [2.05, 4.69) is 50.4 Å². The number of benzene rings is 1. The number of fused-ring (bicyclic) bond motifs is 1. The fourth-order valence-corrected chi connectivity index (χ4v) is 3.04. The molecule has 0 radical (unpaired) electrons. The van der Waals surface area contributed by atoms with Crippen molar-refractivity contribution in [1.29, 1.82) is 0 Å². The predicted octanol–water partition coefficient (Wildman–Crippen LogP) is 1.47. The van der Waals surface area contributed by atoms with Gasteiger partial charge in [-0.2, -0.15) is 0 Å². The van der Waals surface area contributed by atoms with E-state index in [1.54, 1.807) is 0 Å². The van der Waals surface area contributed by atoms with E-state index < -0.39 is 0 Å². The first kappa shape index (κ1) is 14.1. The molecule has 5 nitrogen and oxygen atoms in total.